The molecule has 6 unspecified atom stereocenters. The van der Waals surface area contributed by atoms with Crippen LogP contribution in [-0.2, 0) is 29.2 Å². The fourth-order valence-corrected chi connectivity index (χ4v) is 12.0. The number of rotatable bonds is 12. The molecule has 260 valence electrons. The summed E-state index contributed by atoms with van der Waals surface area (Å²) in [6, 6.07) is 17.0. The molecule has 0 aromatic heterocycles. The van der Waals surface area contributed by atoms with Gasteiger partial charge in [-0.25, -0.2) is 4.79 Å². The zero-order chi connectivity index (χ0) is 34.9. The highest BCUT2D eigenvalue weighted by atomic mass is 127. The second-order valence-electron chi connectivity index (χ2n) is 12.4. The molecule has 6 atom stereocenters. The highest BCUT2D eigenvalue weighted by Gasteiger charge is 2.61. The molecule has 3 aromatic rings. The highest BCUT2D eigenvalue weighted by molar-refractivity contribution is 14.1. The van der Waals surface area contributed by atoms with Crippen LogP contribution in [0.15, 0.2) is 65.6 Å². The van der Waals surface area contributed by atoms with Crippen molar-refractivity contribution in [1.82, 2.24) is 0 Å². The summed E-state index contributed by atoms with van der Waals surface area (Å²) in [5, 5.41) is 9.11. The Balaban J connectivity index is 1.16. The minimum absolute atomic E-state index is 0.00747. The Hall–Kier alpha value is -2.96. The van der Waals surface area contributed by atoms with Gasteiger partial charge in [0.25, 0.3) is 10.1 Å². The van der Waals surface area contributed by atoms with Crippen LogP contribution >= 0.6 is 45.2 Å². The van der Waals surface area contributed by atoms with E-state index in [0.717, 1.165) is 36.8 Å². The lowest BCUT2D eigenvalue weighted by atomic mass is 9.46. The summed E-state index contributed by atoms with van der Waals surface area (Å²) in [6.45, 7) is -0.0949. The van der Waals surface area contributed by atoms with Crippen LogP contribution < -0.4 is 9.47 Å². The molecule has 3 aromatic carbocycles. The van der Waals surface area contributed by atoms with Gasteiger partial charge >= 0.3 is 17.9 Å². The molecule has 2 saturated carbocycles. The van der Waals surface area contributed by atoms with Crippen molar-refractivity contribution >= 4 is 73.2 Å². The van der Waals surface area contributed by atoms with Gasteiger partial charge in [-0.15, -0.1) is 0 Å². The van der Waals surface area contributed by atoms with Crippen molar-refractivity contribution in [2.24, 2.45) is 23.7 Å². The van der Waals surface area contributed by atoms with Crippen LogP contribution in [0.5, 0.6) is 11.5 Å². The lowest BCUT2D eigenvalue weighted by molar-refractivity contribution is -0.171. The van der Waals surface area contributed by atoms with Crippen LogP contribution in [0.1, 0.15) is 59.0 Å². The standard InChI is InChI=1S/C35H34I2O11S/c36-26-17-21(18-27(37)32(26)49(42,43)44)46-14-16-48-35(41)31-29-24-7-3-1-5-22(24)28(23-6-2-4-8-25(23)29)30(31)34(40)47-15-13-45-20-11-9-19(10-12-20)33(38)39/h1,3,5,7,9-12,17-18,23,25,28-31H,2,4,6,8,13-16H2,(H,38,39)(H,42,43,44). The maximum Gasteiger partial charge on any atom is 0.335 e. The first-order valence-corrected chi connectivity index (χ1v) is 19.5. The Morgan fingerprint density at radius 1 is 0.714 bits per heavy atom. The molecule has 14 heteroatoms. The predicted molar refractivity (Wildman–Crippen MR) is 192 cm³/mol. The molecule has 0 saturated heterocycles. The predicted octanol–water partition coefficient (Wildman–Crippen LogP) is 6.32. The van der Waals surface area contributed by atoms with E-state index in [1.54, 1.807) is 0 Å². The minimum Gasteiger partial charge on any atom is -0.490 e. The van der Waals surface area contributed by atoms with Gasteiger partial charge in [0, 0.05) is 19.0 Å². The minimum atomic E-state index is -4.40. The number of halogens is 2. The summed E-state index contributed by atoms with van der Waals surface area (Å²) >= 11 is 3.62. The summed E-state index contributed by atoms with van der Waals surface area (Å²) in [5.74, 6) is -2.58. The second-order valence-corrected chi connectivity index (χ2v) is 16.1. The average Bonchev–Trinajstić information content (AvgIpc) is 3.07. The van der Waals surface area contributed by atoms with Gasteiger partial charge in [0.2, 0.25) is 0 Å². The summed E-state index contributed by atoms with van der Waals surface area (Å²) in [7, 11) is -4.40. The fourth-order valence-electron chi connectivity index (χ4n) is 7.97. The van der Waals surface area contributed by atoms with Crippen molar-refractivity contribution in [3.8, 4) is 11.5 Å². The van der Waals surface area contributed by atoms with Gasteiger partial charge in [-0.2, -0.15) is 8.42 Å². The average molecular weight is 917 g/mol. The quantitative estimate of drug-likeness (QED) is 0.0906. The molecule has 4 aliphatic carbocycles. The fraction of sp³-hybridized carbons (Fsp3) is 0.400. The first-order valence-electron chi connectivity index (χ1n) is 15.9. The molecule has 0 radical (unpaired) electrons. The van der Waals surface area contributed by atoms with E-state index in [4.69, 9.17) is 24.1 Å². The number of ether oxygens (including phenoxy) is 4. The molecule has 11 nitrogen and oxygen atoms in total. The van der Waals surface area contributed by atoms with Crippen LogP contribution in [-0.4, -0.2) is 62.4 Å². The number of carbonyl (C=O) groups excluding carboxylic acids is 2. The number of esters is 2. The Bertz CT molecular complexity index is 1820. The van der Waals surface area contributed by atoms with Crippen LogP contribution in [0.25, 0.3) is 0 Å². The van der Waals surface area contributed by atoms with Gasteiger partial charge in [0.1, 0.15) is 42.8 Å². The van der Waals surface area contributed by atoms with Crippen LogP contribution in [0.2, 0.25) is 0 Å². The van der Waals surface area contributed by atoms with E-state index in [1.165, 1.54) is 36.4 Å². The molecule has 2 bridgehead atoms. The summed E-state index contributed by atoms with van der Waals surface area (Å²) in [4.78, 5) is 38.9. The molecule has 7 rings (SSSR count). The Kier molecular flexibility index (Phi) is 11.1. The smallest absolute Gasteiger partial charge is 0.335 e. The van der Waals surface area contributed by atoms with Crippen molar-refractivity contribution in [3.05, 3.63) is 84.5 Å². The molecular formula is C35H34I2O11S. The number of carboxylic acid groups (broad SMARTS) is 1. The molecule has 0 heterocycles. The second kappa shape index (κ2) is 15.1. The first kappa shape index (κ1) is 35.9. The van der Waals surface area contributed by atoms with Crippen molar-refractivity contribution < 1.29 is 51.4 Å². The lowest BCUT2D eigenvalue weighted by Gasteiger charge is -2.57. The van der Waals surface area contributed by atoms with Crippen molar-refractivity contribution in [1.29, 1.82) is 0 Å². The molecule has 0 aliphatic heterocycles. The third-order valence-corrected chi connectivity index (χ3v) is 13.1. The van der Waals surface area contributed by atoms with Gasteiger partial charge in [-0.05, 0) is 117 Å². The molecule has 49 heavy (non-hydrogen) atoms. The maximum absolute atomic E-state index is 14.0. The lowest BCUT2D eigenvalue weighted by Crippen LogP contribution is -2.55. The largest absolute Gasteiger partial charge is 0.490 e. The number of hydrogen-bond donors (Lipinski definition) is 2. The van der Waals surface area contributed by atoms with Crippen LogP contribution in [0, 0.1) is 30.8 Å². The van der Waals surface area contributed by atoms with Gasteiger partial charge in [-0.3, -0.25) is 14.1 Å². The molecule has 2 N–H and O–H groups in total. The third kappa shape index (κ3) is 7.56. The number of carbonyl (C=O) groups is 3. The summed E-state index contributed by atoms with van der Waals surface area (Å²) in [6.07, 6.45) is 4.08. The van der Waals surface area contributed by atoms with E-state index in [1.807, 2.05) is 57.3 Å². The molecule has 2 fully saturated rings. The van der Waals surface area contributed by atoms with E-state index in [0.29, 0.717) is 18.6 Å². The topological polar surface area (TPSA) is 163 Å². The van der Waals surface area contributed by atoms with Gasteiger partial charge in [-0.1, -0.05) is 37.1 Å². The zero-order valence-corrected chi connectivity index (χ0v) is 31.3. The van der Waals surface area contributed by atoms with Gasteiger partial charge in [0.15, 0.2) is 0 Å². The molecule has 4 aliphatic rings. The van der Waals surface area contributed by atoms with Crippen molar-refractivity contribution in [3.63, 3.8) is 0 Å². The third-order valence-electron chi connectivity index (χ3n) is 9.74. The van der Waals surface area contributed by atoms with Crippen LogP contribution in [0.3, 0.4) is 0 Å². The van der Waals surface area contributed by atoms with Crippen molar-refractivity contribution in [2.75, 3.05) is 26.4 Å². The molecular weight excluding hydrogens is 882 g/mol. The number of hydrogen-bond acceptors (Lipinski definition) is 9. The van der Waals surface area contributed by atoms with Crippen LogP contribution in [0.4, 0.5) is 0 Å². The van der Waals surface area contributed by atoms with E-state index in [2.05, 4.69) is 12.1 Å². The van der Waals surface area contributed by atoms with Gasteiger partial charge < -0.3 is 24.1 Å². The van der Waals surface area contributed by atoms with E-state index in [-0.39, 0.29) is 60.6 Å². The Morgan fingerprint density at radius 3 is 1.63 bits per heavy atom. The van der Waals surface area contributed by atoms with Gasteiger partial charge in [0.05, 0.1) is 17.4 Å². The molecule has 0 amide bonds. The van der Waals surface area contributed by atoms with E-state index < -0.39 is 39.9 Å². The zero-order valence-electron chi connectivity index (χ0n) is 26.1. The number of aromatic carboxylic acids is 1. The first-order chi connectivity index (χ1) is 23.5. The number of benzene rings is 3. The highest BCUT2D eigenvalue weighted by Crippen LogP contribution is 2.64. The number of fused-ring (bicyclic) bond motifs is 1. The van der Waals surface area contributed by atoms with Crippen molar-refractivity contribution in [2.45, 2.75) is 42.4 Å². The Labute approximate surface area is 311 Å². The monoisotopic (exact) mass is 916 g/mol. The summed E-state index contributed by atoms with van der Waals surface area (Å²) in [5.41, 5.74) is 2.32. The van der Waals surface area contributed by atoms with E-state index >= 15 is 0 Å². The normalized spacial score (nSPS) is 23.9. The number of carboxylic acids is 1. The molecule has 0 spiro atoms. The SMILES string of the molecule is O=C(O)c1ccc(OCCOC(=O)C2C(C(=O)OCCOc3cc(I)c(S(=O)(=O)O)c(I)c3)C3c4ccccc4C2C2CCCCC23)cc1. The maximum atomic E-state index is 14.0. The summed E-state index contributed by atoms with van der Waals surface area (Å²) < 4.78 is 56.6. The van der Waals surface area contributed by atoms with E-state index in [9.17, 15) is 27.4 Å². The Morgan fingerprint density at radius 2 is 1.18 bits per heavy atom.